The molecule has 0 radical (unpaired) electrons. The van der Waals surface area contributed by atoms with Crippen molar-refractivity contribution in [1.29, 1.82) is 0 Å². The lowest BCUT2D eigenvalue weighted by molar-refractivity contribution is -0.114. The van der Waals surface area contributed by atoms with Crippen LogP contribution in [-0.4, -0.2) is 18.4 Å². The number of carbonyl (C=O) groups excluding carboxylic acids is 2. The minimum absolute atomic E-state index is 0.0933. The summed E-state index contributed by atoms with van der Waals surface area (Å²) in [5, 5.41) is 8.08. The Morgan fingerprint density at radius 3 is 2.42 bits per heavy atom. The molecule has 7 heteroatoms. The molecule has 0 fully saturated rings. The van der Waals surface area contributed by atoms with Crippen molar-refractivity contribution < 1.29 is 18.4 Å². The molecule has 2 amide bonds. The van der Waals surface area contributed by atoms with Crippen molar-refractivity contribution in [3.63, 3.8) is 0 Å². The fourth-order valence-electron chi connectivity index (χ4n) is 2.26. The lowest BCUT2D eigenvalue weighted by atomic mass is 10.2. The van der Waals surface area contributed by atoms with Crippen LogP contribution in [0.15, 0.2) is 71.3 Å². The lowest BCUT2D eigenvalue weighted by Crippen LogP contribution is -2.22. The zero-order chi connectivity index (χ0) is 18.4. The summed E-state index contributed by atoms with van der Waals surface area (Å²) < 4.78 is 18.5. The Labute approximate surface area is 149 Å². The Morgan fingerprint density at radius 2 is 1.69 bits per heavy atom. The van der Waals surface area contributed by atoms with Gasteiger partial charge in [-0.05, 0) is 42.5 Å². The maximum Gasteiger partial charge on any atom is 0.291 e. The first-order valence-electron chi connectivity index (χ1n) is 7.85. The quantitative estimate of drug-likeness (QED) is 0.631. The van der Waals surface area contributed by atoms with Gasteiger partial charge in [0.15, 0.2) is 5.76 Å². The normalized spacial score (nSPS) is 10.2. The van der Waals surface area contributed by atoms with E-state index < -0.39 is 5.82 Å². The average molecular weight is 353 g/mol. The number of halogens is 1. The second-order valence-corrected chi connectivity index (χ2v) is 5.39. The van der Waals surface area contributed by atoms with Gasteiger partial charge >= 0.3 is 0 Å². The maximum atomic E-state index is 13.5. The van der Waals surface area contributed by atoms with Gasteiger partial charge in [0.1, 0.15) is 5.82 Å². The van der Waals surface area contributed by atoms with Crippen LogP contribution in [0, 0.1) is 5.82 Å². The molecule has 0 aliphatic rings. The van der Waals surface area contributed by atoms with E-state index in [1.54, 1.807) is 54.6 Å². The number of anilines is 3. The Bertz CT molecular complexity index is 910. The van der Waals surface area contributed by atoms with Gasteiger partial charge in [0.25, 0.3) is 5.91 Å². The Hall–Kier alpha value is -3.61. The third-order valence-corrected chi connectivity index (χ3v) is 3.46. The Balaban J connectivity index is 1.57. The van der Waals surface area contributed by atoms with Crippen LogP contribution in [-0.2, 0) is 4.79 Å². The molecule has 2 aromatic carbocycles. The fraction of sp³-hybridized carbons (Fsp3) is 0.0526. The number of amides is 2. The molecule has 3 aromatic rings. The molecule has 0 aliphatic heterocycles. The minimum Gasteiger partial charge on any atom is -0.459 e. The fourth-order valence-corrected chi connectivity index (χ4v) is 2.26. The summed E-state index contributed by atoms with van der Waals surface area (Å²) in [5.74, 6) is -0.973. The van der Waals surface area contributed by atoms with Crippen molar-refractivity contribution in [1.82, 2.24) is 0 Å². The van der Waals surface area contributed by atoms with Crippen LogP contribution in [0.25, 0.3) is 0 Å². The van der Waals surface area contributed by atoms with Crippen molar-refractivity contribution in [2.24, 2.45) is 0 Å². The number of hydrogen-bond donors (Lipinski definition) is 3. The van der Waals surface area contributed by atoms with E-state index in [0.717, 1.165) is 0 Å². The van der Waals surface area contributed by atoms with E-state index in [2.05, 4.69) is 16.0 Å². The molecular weight excluding hydrogens is 337 g/mol. The third-order valence-electron chi connectivity index (χ3n) is 3.46. The number of nitrogens with one attached hydrogen (secondary N) is 3. The monoisotopic (exact) mass is 353 g/mol. The van der Waals surface area contributed by atoms with Crippen LogP contribution >= 0.6 is 0 Å². The van der Waals surface area contributed by atoms with Gasteiger partial charge in [-0.3, -0.25) is 9.59 Å². The molecule has 3 N–H and O–H groups in total. The number of rotatable bonds is 6. The van der Waals surface area contributed by atoms with Gasteiger partial charge in [0, 0.05) is 11.4 Å². The first-order valence-corrected chi connectivity index (χ1v) is 7.85. The summed E-state index contributed by atoms with van der Waals surface area (Å²) >= 11 is 0. The summed E-state index contributed by atoms with van der Waals surface area (Å²) in [6, 6.07) is 16.0. The van der Waals surface area contributed by atoms with Crippen molar-refractivity contribution >= 4 is 28.9 Å². The molecule has 0 unspecified atom stereocenters. The number of carbonyl (C=O) groups is 2. The molecule has 1 aromatic heterocycles. The summed E-state index contributed by atoms with van der Waals surface area (Å²) in [7, 11) is 0. The zero-order valence-corrected chi connectivity index (χ0v) is 13.7. The predicted octanol–water partition coefficient (Wildman–Crippen LogP) is 3.72. The largest absolute Gasteiger partial charge is 0.459 e. The van der Waals surface area contributed by atoms with Gasteiger partial charge in [-0.25, -0.2) is 4.39 Å². The highest BCUT2D eigenvalue weighted by Crippen LogP contribution is 2.17. The van der Waals surface area contributed by atoms with Crippen molar-refractivity contribution in [3.05, 3.63) is 78.5 Å². The van der Waals surface area contributed by atoms with E-state index in [1.165, 1.54) is 12.3 Å². The molecule has 0 atom stereocenters. The molecule has 6 nitrogen and oxygen atoms in total. The van der Waals surface area contributed by atoms with Crippen LogP contribution in [0.1, 0.15) is 10.6 Å². The highest BCUT2D eigenvalue weighted by Gasteiger charge is 2.10. The van der Waals surface area contributed by atoms with Crippen molar-refractivity contribution in [2.45, 2.75) is 0 Å². The van der Waals surface area contributed by atoms with Crippen molar-refractivity contribution in [3.8, 4) is 0 Å². The summed E-state index contributed by atoms with van der Waals surface area (Å²) in [5.41, 5.74) is 1.26. The SMILES string of the molecule is O=C(CNc1ccccc1F)Nc1cccc(NC(=O)c2ccco2)c1. The van der Waals surface area contributed by atoms with Crippen LogP contribution in [0.5, 0.6) is 0 Å². The van der Waals surface area contributed by atoms with Crippen LogP contribution in [0.3, 0.4) is 0 Å². The van der Waals surface area contributed by atoms with E-state index in [9.17, 15) is 14.0 Å². The topological polar surface area (TPSA) is 83.4 Å². The van der Waals surface area contributed by atoms with E-state index >= 15 is 0 Å². The van der Waals surface area contributed by atoms with Gasteiger partial charge in [-0.15, -0.1) is 0 Å². The zero-order valence-electron chi connectivity index (χ0n) is 13.7. The van der Waals surface area contributed by atoms with Gasteiger partial charge in [0.2, 0.25) is 5.91 Å². The first-order chi connectivity index (χ1) is 12.6. The van der Waals surface area contributed by atoms with Crippen LogP contribution in [0.2, 0.25) is 0 Å². The standard InChI is InChI=1S/C19H16FN3O3/c20-15-7-1-2-8-16(15)21-12-18(24)22-13-5-3-6-14(11-13)23-19(25)17-9-4-10-26-17/h1-11,21H,12H2,(H,22,24)(H,23,25). The molecule has 0 saturated heterocycles. The first kappa shape index (κ1) is 17.2. The van der Waals surface area contributed by atoms with Crippen molar-refractivity contribution in [2.75, 3.05) is 22.5 Å². The highest BCUT2D eigenvalue weighted by atomic mass is 19.1. The van der Waals surface area contributed by atoms with Crippen LogP contribution < -0.4 is 16.0 Å². The molecule has 132 valence electrons. The minimum atomic E-state index is -0.428. The molecular formula is C19H16FN3O3. The number of hydrogen-bond acceptors (Lipinski definition) is 4. The number of para-hydroxylation sites is 1. The molecule has 1 heterocycles. The molecule has 26 heavy (non-hydrogen) atoms. The van der Waals surface area contributed by atoms with E-state index in [4.69, 9.17) is 4.42 Å². The molecule has 3 rings (SSSR count). The van der Waals surface area contributed by atoms with Gasteiger partial charge in [-0.1, -0.05) is 18.2 Å². The highest BCUT2D eigenvalue weighted by molar-refractivity contribution is 6.02. The summed E-state index contributed by atoms with van der Waals surface area (Å²) in [6.07, 6.45) is 1.41. The summed E-state index contributed by atoms with van der Waals surface area (Å²) in [4.78, 5) is 24.0. The maximum absolute atomic E-state index is 13.5. The molecule has 0 saturated carbocycles. The molecule has 0 aliphatic carbocycles. The molecule has 0 bridgehead atoms. The third kappa shape index (κ3) is 4.47. The summed E-state index contributed by atoms with van der Waals surface area (Å²) in [6.45, 7) is -0.0933. The van der Waals surface area contributed by atoms with Gasteiger partial charge in [-0.2, -0.15) is 0 Å². The van der Waals surface area contributed by atoms with Gasteiger partial charge < -0.3 is 20.4 Å². The Kier molecular flexibility index (Phi) is 5.28. The molecule has 0 spiro atoms. The Morgan fingerprint density at radius 1 is 0.923 bits per heavy atom. The average Bonchev–Trinajstić information content (AvgIpc) is 3.16. The smallest absolute Gasteiger partial charge is 0.291 e. The van der Waals surface area contributed by atoms with Crippen LogP contribution in [0.4, 0.5) is 21.5 Å². The second-order valence-electron chi connectivity index (χ2n) is 5.39. The number of benzene rings is 2. The van der Waals surface area contributed by atoms with E-state index in [0.29, 0.717) is 11.4 Å². The van der Waals surface area contributed by atoms with E-state index in [1.807, 2.05) is 0 Å². The number of furan rings is 1. The predicted molar refractivity (Wildman–Crippen MR) is 96.6 cm³/mol. The van der Waals surface area contributed by atoms with Gasteiger partial charge in [0.05, 0.1) is 18.5 Å². The second kappa shape index (κ2) is 7.98. The van der Waals surface area contributed by atoms with E-state index in [-0.39, 0.29) is 29.8 Å². The lowest BCUT2D eigenvalue weighted by Gasteiger charge is -2.10.